The fourth-order valence-corrected chi connectivity index (χ4v) is 1.75. The Bertz CT molecular complexity index is 611. The summed E-state index contributed by atoms with van der Waals surface area (Å²) in [6, 6.07) is 10.8. The first-order chi connectivity index (χ1) is 9.11. The fraction of sp³-hybridized carbons (Fsp3) is 0.133. The van der Waals surface area contributed by atoms with Gasteiger partial charge in [-0.2, -0.15) is 0 Å². The third-order valence-electron chi connectivity index (χ3n) is 2.79. The molecule has 1 amide bonds. The van der Waals surface area contributed by atoms with Gasteiger partial charge in [0.15, 0.2) is 11.6 Å². The third kappa shape index (κ3) is 2.96. The summed E-state index contributed by atoms with van der Waals surface area (Å²) in [5, 5.41) is 2.56. The van der Waals surface area contributed by atoms with Crippen LogP contribution in [0.2, 0.25) is 0 Å². The average molecular weight is 261 g/mol. The number of benzene rings is 2. The van der Waals surface area contributed by atoms with E-state index in [0.717, 1.165) is 18.1 Å². The summed E-state index contributed by atoms with van der Waals surface area (Å²) in [4.78, 5) is 11.9. The second-order valence-corrected chi connectivity index (χ2v) is 4.11. The van der Waals surface area contributed by atoms with Crippen molar-refractivity contribution in [1.82, 2.24) is 0 Å². The number of carbonyl (C=O) groups excluding carboxylic acids is 1. The van der Waals surface area contributed by atoms with Crippen molar-refractivity contribution in [3.63, 3.8) is 0 Å². The van der Waals surface area contributed by atoms with E-state index in [1.165, 1.54) is 12.1 Å². The van der Waals surface area contributed by atoms with Crippen LogP contribution in [0.1, 0.15) is 22.8 Å². The van der Waals surface area contributed by atoms with Crippen LogP contribution in [0, 0.1) is 11.6 Å². The van der Waals surface area contributed by atoms with Crippen LogP contribution in [0.3, 0.4) is 0 Å². The van der Waals surface area contributed by atoms with E-state index in [2.05, 4.69) is 5.32 Å². The van der Waals surface area contributed by atoms with Crippen LogP contribution in [0.15, 0.2) is 42.5 Å². The van der Waals surface area contributed by atoms with Crippen molar-refractivity contribution in [2.75, 3.05) is 5.32 Å². The lowest BCUT2D eigenvalue weighted by Gasteiger charge is -2.07. The molecule has 0 aliphatic carbocycles. The van der Waals surface area contributed by atoms with Gasteiger partial charge in [-0.15, -0.1) is 0 Å². The summed E-state index contributed by atoms with van der Waals surface area (Å²) in [5.74, 6) is -2.83. The minimum atomic E-state index is -1.13. The molecule has 1 N–H and O–H groups in total. The standard InChI is InChI=1S/C15H13F2NO/c1-2-10-5-3-6-11(9-10)18-15(19)12-7-4-8-13(16)14(12)17/h3-9H,2H2,1H3,(H,18,19). The lowest BCUT2D eigenvalue weighted by Crippen LogP contribution is -2.14. The Morgan fingerprint density at radius 3 is 2.63 bits per heavy atom. The molecule has 0 saturated carbocycles. The number of halogens is 2. The average Bonchev–Trinajstić information content (AvgIpc) is 2.42. The predicted molar refractivity (Wildman–Crippen MR) is 70.1 cm³/mol. The second-order valence-electron chi connectivity index (χ2n) is 4.11. The minimum Gasteiger partial charge on any atom is -0.322 e. The molecule has 2 rings (SSSR count). The first-order valence-corrected chi connectivity index (χ1v) is 5.96. The number of aryl methyl sites for hydroxylation is 1. The first-order valence-electron chi connectivity index (χ1n) is 5.96. The van der Waals surface area contributed by atoms with E-state index in [0.29, 0.717) is 5.69 Å². The molecule has 2 aromatic rings. The smallest absolute Gasteiger partial charge is 0.258 e. The highest BCUT2D eigenvalue weighted by atomic mass is 19.2. The van der Waals surface area contributed by atoms with E-state index in [4.69, 9.17) is 0 Å². The molecule has 19 heavy (non-hydrogen) atoms. The van der Waals surface area contributed by atoms with Crippen LogP contribution < -0.4 is 5.32 Å². The van der Waals surface area contributed by atoms with Gasteiger partial charge in [-0.25, -0.2) is 8.78 Å². The highest BCUT2D eigenvalue weighted by Gasteiger charge is 2.15. The maximum atomic E-state index is 13.5. The number of rotatable bonds is 3. The fourth-order valence-electron chi connectivity index (χ4n) is 1.75. The van der Waals surface area contributed by atoms with Gasteiger partial charge >= 0.3 is 0 Å². The van der Waals surface area contributed by atoms with Crippen molar-refractivity contribution in [2.45, 2.75) is 13.3 Å². The van der Waals surface area contributed by atoms with Crippen molar-refractivity contribution >= 4 is 11.6 Å². The molecule has 0 aromatic heterocycles. The van der Waals surface area contributed by atoms with Gasteiger partial charge in [0.05, 0.1) is 5.56 Å². The number of amides is 1. The van der Waals surface area contributed by atoms with Crippen LogP contribution >= 0.6 is 0 Å². The molecular weight excluding hydrogens is 248 g/mol. The molecular formula is C15H13F2NO. The van der Waals surface area contributed by atoms with Gasteiger partial charge in [-0.05, 0) is 36.2 Å². The maximum Gasteiger partial charge on any atom is 0.258 e. The van der Waals surface area contributed by atoms with E-state index < -0.39 is 17.5 Å². The SMILES string of the molecule is CCc1cccc(NC(=O)c2cccc(F)c2F)c1. The summed E-state index contributed by atoms with van der Waals surface area (Å²) in [6.45, 7) is 1.99. The van der Waals surface area contributed by atoms with Crippen LogP contribution in [0.25, 0.3) is 0 Å². The van der Waals surface area contributed by atoms with Gasteiger partial charge in [0, 0.05) is 5.69 Å². The molecule has 0 aliphatic heterocycles. The highest BCUT2D eigenvalue weighted by Crippen LogP contribution is 2.15. The van der Waals surface area contributed by atoms with E-state index in [-0.39, 0.29) is 5.56 Å². The highest BCUT2D eigenvalue weighted by molar-refractivity contribution is 6.04. The summed E-state index contributed by atoms with van der Waals surface area (Å²) >= 11 is 0. The Balaban J connectivity index is 2.23. The zero-order valence-corrected chi connectivity index (χ0v) is 10.4. The summed E-state index contributed by atoms with van der Waals surface area (Å²) < 4.78 is 26.5. The topological polar surface area (TPSA) is 29.1 Å². The number of nitrogens with one attached hydrogen (secondary N) is 1. The van der Waals surface area contributed by atoms with Gasteiger partial charge in [-0.1, -0.05) is 25.1 Å². The van der Waals surface area contributed by atoms with Crippen molar-refractivity contribution in [2.24, 2.45) is 0 Å². The predicted octanol–water partition coefficient (Wildman–Crippen LogP) is 3.78. The van der Waals surface area contributed by atoms with Crippen LogP contribution in [0.4, 0.5) is 14.5 Å². The number of hydrogen-bond acceptors (Lipinski definition) is 1. The minimum absolute atomic E-state index is 0.304. The Kier molecular flexibility index (Phi) is 3.90. The first kappa shape index (κ1) is 13.2. The molecule has 0 fully saturated rings. The van der Waals surface area contributed by atoms with Crippen molar-refractivity contribution in [1.29, 1.82) is 0 Å². The van der Waals surface area contributed by atoms with E-state index in [9.17, 15) is 13.6 Å². The lowest BCUT2D eigenvalue weighted by atomic mass is 10.1. The summed E-state index contributed by atoms with van der Waals surface area (Å²) in [6.07, 6.45) is 0.831. The molecule has 0 atom stereocenters. The molecule has 0 saturated heterocycles. The molecule has 0 heterocycles. The molecule has 0 radical (unpaired) electrons. The van der Waals surface area contributed by atoms with Crippen LogP contribution in [-0.4, -0.2) is 5.91 Å². The number of carbonyl (C=O) groups is 1. The zero-order valence-electron chi connectivity index (χ0n) is 10.4. The van der Waals surface area contributed by atoms with Gasteiger partial charge in [-0.3, -0.25) is 4.79 Å². The van der Waals surface area contributed by atoms with E-state index in [1.807, 2.05) is 13.0 Å². The van der Waals surface area contributed by atoms with Gasteiger partial charge in [0.25, 0.3) is 5.91 Å². The van der Waals surface area contributed by atoms with Gasteiger partial charge in [0.2, 0.25) is 0 Å². The molecule has 0 unspecified atom stereocenters. The largest absolute Gasteiger partial charge is 0.322 e. The van der Waals surface area contributed by atoms with Crippen molar-refractivity contribution < 1.29 is 13.6 Å². The maximum absolute atomic E-state index is 13.5. The zero-order chi connectivity index (χ0) is 13.8. The van der Waals surface area contributed by atoms with E-state index in [1.54, 1.807) is 18.2 Å². The molecule has 0 spiro atoms. The van der Waals surface area contributed by atoms with E-state index >= 15 is 0 Å². The van der Waals surface area contributed by atoms with Gasteiger partial charge < -0.3 is 5.32 Å². The normalized spacial score (nSPS) is 10.3. The molecule has 0 aliphatic rings. The molecule has 2 aromatic carbocycles. The van der Waals surface area contributed by atoms with Crippen LogP contribution in [-0.2, 0) is 6.42 Å². The Morgan fingerprint density at radius 1 is 1.16 bits per heavy atom. The summed E-state index contributed by atoms with van der Waals surface area (Å²) in [5.41, 5.74) is 1.31. The number of anilines is 1. The molecule has 4 heteroatoms. The Morgan fingerprint density at radius 2 is 1.89 bits per heavy atom. The van der Waals surface area contributed by atoms with Crippen molar-refractivity contribution in [3.05, 3.63) is 65.2 Å². The van der Waals surface area contributed by atoms with Crippen LogP contribution in [0.5, 0.6) is 0 Å². The second kappa shape index (κ2) is 5.61. The number of hydrogen-bond donors (Lipinski definition) is 1. The van der Waals surface area contributed by atoms with Gasteiger partial charge in [0.1, 0.15) is 0 Å². The Hall–Kier alpha value is -2.23. The molecule has 0 bridgehead atoms. The molecule has 98 valence electrons. The monoisotopic (exact) mass is 261 g/mol. The quantitative estimate of drug-likeness (QED) is 0.895. The summed E-state index contributed by atoms with van der Waals surface area (Å²) in [7, 11) is 0. The molecule has 2 nitrogen and oxygen atoms in total. The van der Waals surface area contributed by atoms with Crippen molar-refractivity contribution in [3.8, 4) is 0 Å². The lowest BCUT2D eigenvalue weighted by molar-refractivity contribution is 0.102. The third-order valence-corrected chi connectivity index (χ3v) is 2.79. The Labute approximate surface area is 110 Å².